The first-order valence-corrected chi connectivity index (χ1v) is 5.65. The number of imidazole rings is 1. The van der Waals surface area contributed by atoms with Crippen LogP contribution in [0, 0.1) is 0 Å². The largest absolute Gasteiger partial charge is 0.465 e. The van der Waals surface area contributed by atoms with Crippen LogP contribution in [0.3, 0.4) is 0 Å². The summed E-state index contributed by atoms with van der Waals surface area (Å²) in [7, 11) is 0. The van der Waals surface area contributed by atoms with Crippen molar-refractivity contribution in [3.05, 3.63) is 24.0 Å². The zero-order valence-electron chi connectivity index (χ0n) is 9.47. The van der Waals surface area contributed by atoms with Crippen molar-refractivity contribution in [2.45, 2.75) is 25.8 Å². The Kier molecular flexibility index (Phi) is 2.07. The van der Waals surface area contributed by atoms with Gasteiger partial charge >= 0.3 is 6.09 Å². The lowest BCUT2D eigenvalue weighted by Gasteiger charge is -2.33. The van der Waals surface area contributed by atoms with Gasteiger partial charge < -0.3 is 10.1 Å². The second-order valence-electron chi connectivity index (χ2n) is 4.40. The molecule has 0 fully saturated rings. The van der Waals surface area contributed by atoms with E-state index in [-0.39, 0.29) is 6.04 Å². The van der Waals surface area contributed by atoms with Gasteiger partial charge in [-0.25, -0.2) is 9.78 Å². The fraction of sp³-hybridized carbons (Fsp3) is 0.333. The monoisotopic (exact) mass is 231 g/mol. The molecular formula is C12H13N3O2. The highest BCUT2D eigenvalue weighted by molar-refractivity contribution is 5.94. The molecule has 1 aliphatic rings. The van der Waals surface area contributed by atoms with E-state index in [4.69, 9.17) is 0 Å². The maximum Gasteiger partial charge on any atom is 0.412 e. The van der Waals surface area contributed by atoms with Gasteiger partial charge in [0.2, 0.25) is 0 Å². The summed E-state index contributed by atoms with van der Waals surface area (Å²) >= 11 is 0. The number of hydrogen-bond acceptors (Lipinski definition) is 2. The Morgan fingerprint density at radius 2 is 2.41 bits per heavy atom. The quantitative estimate of drug-likeness (QED) is 0.731. The Bertz CT molecular complexity index is 590. The lowest BCUT2D eigenvalue weighted by Crippen LogP contribution is -2.41. The summed E-state index contributed by atoms with van der Waals surface area (Å²) in [5.41, 5.74) is 3.66. The topological polar surface area (TPSA) is 69.2 Å². The Labute approximate surface area is 98.1 Å². The molecule has 0 bridgehead atoms. The average Bonchev–Trinajstić information content (AvgIpc) is 2.75. The van der Waals surface area contributed by atoms with Crippen LogP contribution in [0.25, 0.3) is 11.0 Å². The van der Waals surface area contributed by atoms with E-state index >= 15 is 0 Å². The Hall–Kier alpha value is -2.04. The number of benzene rings is 1. The predicted octanol–water partition coefficient (Wildman–Crippen LogP) is 2.38. The normalized spacial score (nSPS) is 19.4. The van der Waals surface area contributed by atoms with E-state index in [0.29, 0.717) is 0 Å². The second-order valence-corrected chi connectivity index (χ2v) is 4.40. The molecule has 1 aliphatic heterocycles. The summed E-state index contributed by atoms with van der Waals surface area (Å²) in [5.74, 6) is 0. The third-order valence-corrected chi connectivity index (χ3v) is 3.39. The molecule has 1 amide bonds. The minimum atomic E-state index is -0.895. The van der Waals surface area contributed by atoms with Crippen molar-refractivity contribution < 1.29 is 9.90 Å². The molecule has 0 spiro atoms. The van der Waals surface area contributed by atoms with Gasteiger partial charge in [0.05, 0.1) is 23.0 Å². The van der Waals surface area contributed by atoms with Crippen molar-refractivity contribution in [2.24, 2.45) is 0 Å². The summed E-state index contributed by atoms with van der Waals surface area (Å²) < 4.78 is 0. The molecule has 5 nitrogen and oxygen atoms in total. The molecule has 3 rings (SSSR count). The van der Waals surface area contributed by atoms with Crippen molar-refractivity contribution in [1.82, 2.24) is 9.97 Å². The van der Waals surface area contributed by atoms with Gasteiger partial charge in [0, 0.05) is 11.6 Å². The van der Waals surface area contributed by atoms with Crippen molar-refractivity contribution >= 4 is 22.8 Å². The molecular weight excluding hydrogens is 218 g/mol. The first-order valence-electron chi connectivity index (χ1n) is 5.65. The standard InChI is InChI=1S/C12H13N3O2/c1-7-2-3-8-10(15(7)12(16)17)5-4-9-11(8)14-6-13-9/h4-7H,2-3H2,1H3,(H,13,14)(H,16,17)/t7-/m0/s1. The molecule has 17 heavy (non-hydrogen) atoms. The van der Waals surface area contributed by atoms with E-state index in [1.54, 1.807) is 6.33 Å². The van der Waals surface area contributed by atoms with Crippen LogP contribution in [0.2, 0.25) is 0 Å². The molecule has 2 heterocycles. The summed E-state index contributed by atoms with van der Waals surface area (Å²) in [4.78, 5) is 20.1. The number of fused-ring (bicyclic) bond motifs is 3. The van der Waals surface area contributed by atoms with Crippen LogP contribution in [0.1, 0.15) is 18.9 Å². The van der Waals surface area contributed by atoms with E-state index in [1.807, 2.05) is 19.1 Å². The molecule has 0 radical (unpaired) electrons. The number of carboxylic acid groups (broad SMARTS) is 1. The Morgan fingerprint density at radius 1 is 1.59 bits per heavy atom. The zero-order chi connectivity index (χ0) is 12.0. The molecule has 0 unspecified atom stereocenters. The fourth-order valence-electron chi connectivity index (χ4n) is 2.54. The Balaban J connectivity index is 2.24. The minimum absolute atomic E-state index is 0.0244. The van der Waals surface area contributed by atoms with Crippen LogP contribution >= 0.6 is 0 Å². The van der Waals surface area contributed by atoms with E-state index in [1.165, 1.54) is 4.90 Å². The van der Waals surface area contributed by atoms with Gasteiger partial charge in [-0.15, -0.1) is 0 Å². The summed E-state index contributed by atoms with van der Waals surface area (Å²) in [5, 5.41) is 9.28. The summed E-state index contributed by atoms with van der Waals surface area (Å²) in [6, 6.07) is 3.77. The smallest absolute Gasteiger partial charge is 0.412 e. The third kappa shape index (κ3) is 1.39. The summed E-state index contributed by atoms with van der Waals surface area (Å²) in [6.07, 6.45) is 2.47. The van der Waals surface area contributed by atoms with Crippen LogP contribution in [0.4, 0.5) is 10.5 Å². The van der Waals surface area contributed by atoms with Gasteiger partial charge in [-0.05, 0) is 31.9 Å². The van der Waals surface area contributed by atoms with Crippen LogP contribution in [0.5, 0.6) is 0 Å². The van der Waals surface area contributed by atoms with Gasteiger partial charge in [0.1, 0.15) is 0 Å². The third-order valence-electron chi connectivity index (χ3n) is 3.39. The van der Waals surface area contributed by atoms with Crippen LogP contribution in [0.15, 0.2) is 18.5 Å². The summed E-state index contributed by atoms with van der Waals surface area (Å²) in [6.45, 7) is 1.94. The first kappa shape index (κ1) is 10.1. The van der Waals surface area contributed by atoms with Gasteiger partial charge in [-0.3, -0.25) is 4.90 Å². The molecule has 1 aromatic carbocycles. The number of nitrogens with one attached hydrogen (secondary N) is 1. The molecule has 1 atom stereocenters. The SMILES string of the molecule is C[C@H]1CCc2c(ccc3[nH]cnc23)N1C(=O)O. The lowest BCUT2D eigenvalue weighted by atomic mass is 9.96. The number of nitrogens with zero attached hydrogens (tertiary/aromatic N) is 2. The molecule has 0 aliphatic carbocycles. The molecule has 1 aromatic heterocycles. The zero-order valence-corrected chi connectivity index (χ0v) is 9.47. The van der Waals surface area contributed by atoms with E-state index in [2.05, 4.69) is 9.97 Å². The highest BCUT2D eigenvalue weighted by Gasteiger charge is 2.29. The minimum Gasteiger partial charge on any atom is -0.465 e. The number of carbonyl (C=O) groups is 1. The maximum absolute atomic E-state index is 11.3. The van der Waals surface area contributed by atoms with E-state index in [9.17, 15) is 9.90 Å². The molecule has 0 saturated heterocycles. The van der Waals surface area contributed by atoms with Crippen molar-refractivity contribution in [1.29, 1.82) is 0 Å². The van der Waals surface area contributed by atoms with Gasteiger partial charge in [0.25, 0.3) is 0 Å². The van der Waals surface area contributed by atoms with E-state index in [0.717, 1.165) is 35.1 Å². The fourth-order valence-corrected chi connectivity index (χ4v) is 2.54. The molecule has 2 aromatic rings. The molecule has 88 valence electrons. The Morgan fingerprint density at radius 3 is 3.18 bits per heavy atom. The number of rotatable bonds is 0. The molecule has 2 N–H and O–H groups in total. The average molecular weight is 231 g/mol. The highest BCUT2D eigenvalue weighted by atomic mass is 16.4. The highest BCUT2D eigenvalue weighted by Crippen LogP contribution is 2.34. The van der Waals surface area contributed by atoms with E-state index < -0.39 is 6.09 Å². The predicted molar refractivity (Wildman–Crippen MR) is 64.4 cm³/mol. The number of H-pyrrole nitrogens is 1. The number of anilines is 1. The van der Waals surface area contributed by atoms with Gasteiger partial charge in [-0.2, -0.15) is 0 Å². The van der Waals surface area contributed by atoms with Gasteiger partial charge in [-0.1, -0.05) is 0 Å². The van der Waals surface area contributed by atoms with Crippen molar-refractivity contribution in [3.8, 4) is 0 Å². The first-order chi connectivity index (χ1) is 8.18. The number of aromatic amines is 1. The number of amides is 1. The molecule has 5 heteroatoms. The van der Waals surface area contributed by atoms with Crippen LogP contribution in [-0.4, -0.2) is 27.2 Å². The van der Waals surface area contributed by atoms with Gasteiger partial charge in [0.15, 0.2) is 0 Å². The van der Waals surface area contributed by atoms with Crippen LogP contribution in [-0.2, 0) is 6.42 Å². The lowest BCUT2D eigenvalue weighted by molar-refractivity contribution is 0.198. The second kappa shape index (κ2) is 3.48. The molecule has 0 saturated carbocycles. The van der Waals surface area contributed by atoms with Crippen molar-refractivity contribution in [2.75, 3.05) is 4.90 Å². The number of aryl methyl sites for hydroxylation is 1. The number of aromatic nitrogens is 2. The van der Waals surface area contributed by atoms with Crippen LogP contribution < -0.4 is 4.90 Å². The van der Waals surface area contributed by atoms with Crippen molar-refractivity contribution in [3.63, 3.8) is 0 Å². The number of hydrogen-bond donors (Lipinski definition) is 2. The maximum atomic E-state index is 11.3.